The number of halogens is 1. The molecule has 8 heteroatoms. The van der Waals surface area contributed by atoms with E-state index >= 15 is 0 Å². The third-order valence-electron chi connectivity index (χ3n) is 5.89. The molecule has 7 nitrogen and oxygen atoms in total. The zero-order valence-corrected chi connectivity index (χ0v) is 18.8. The van der Waals surface area contributed by atoms with Gasteiger partial charge in [0.15, 0.2) is 0 Å². The highest BCUT2D eigenvalue weighted by Crippen LogP contribution is 2.26. The number of benzene rings is 2. The number of rotatable bonds is 8. The number of methoxy groups -OCH3 is 2. The Hall–Kier alpha value is -3.52. The maximum Gasteiger partial charge on any atom is 0.251 e. The fourth-order valence-corrected chi connectivity index (χ4v) is 4.06. The number of furan rings is 1. The molecule has 1 aliphatic rings. The van der Waals surface area contributed by atoms with Gasteiger partial charge in [0.2, 0.25) is 0 Å². The van der Waals surface area contributed by atoms with Crippen molar-refractivity contribution in [3.63, 3.8) is 0 Å². The topological polar surface area (TPSA) is 67.2 Å². The fraction of sp³-hybridized carbons (Fsp3) is 0.320. The first kappa shape index (κ1) is 22.7. The molecule has 0 spiro atoms. The van der Waals surface area contributed by atoms with Crippen LogP contribution in [0.2, 0.25) is 0 Å². The lowest BCUT2D eigenvalue weighted by atomic mass is 10.1. The summed E-state index contributed by atoms with van der Waals surface area (Å²) in [5, 5.41) is 3.03. The first-order valence-electron chi connectivity index (χ1n) is 10.9. The Balaban J connectivity index is 1.42. The first-order valence-corrected chi connectivity index (χ1v) is 10.9. The minimum Gasteiger partial charge on any atom is -0.497 e. The predicted molar refractivity (Wildman–Crippen MR) is 124 cm³/mol. The fourth-order valence-electron chi connectivity index (χ4n) is 4.06. The summed E-state index contributed by atoms with van der Waals surface area (Å²) in [4.78, 5) is 17.4. The van der Waals surface area contributed by atoms with E-state index in [1.54, 1.807) is 50.8 Å². The van der Waals surface area contributed by atoms with Gasteiger partial charge < -0.3 is 24.1 Å². The molecule has 1 unspecified atom stereocenters. The molecule has 4 rings (SSSR count). The maximum atomic E-state index is 13.3. The van der Waals surface area contributed by atoms with Crippen LogP contribution < -0.4 is 19.7 Å². The normalized spacial score (nSPS) is 15.2. The number of anilines is 1. The van der Waals surface area contributed by atoms with Gasteiger partial charge in [-0.25, -0.2) is 4.39 Å². The number of piperazine rings is 1. The standard InChI is InChI=1S/C25H28FN3O4/c1-31-21-14-18(15-22(16-21)32-2)25(30)27-17-23(24-4-3-13-33-24)29-11-9-28(10-12-29)20-7-5-19(26)6-8-20/h3-8,13-16,23H,9-12,17H2,1-2H3,(H,27,30). The molecule has 1 saturated heterocycles. The maximum absolute atomic E-state index is 13.3. The number of nitrogens with one attached hydrogen (secondary N) is 1. The van der Waals surface area contributed by atoms with Gasteiger partial charge in [-0.15, -0.1) is 0 Å². The molecule has 33 heavy (non-hydrogen) atoms. The molecule has 2 heterocycles. The summed E-state index contributed by atoms with van der Waals surface area (Å²) in [6.45, 7) is 3.55. The van der Waals surface area contributed by atoms with Crippen LogP contribution in [0.15, 0.2) is 65.3 Å². The molecule has 1 aromatic heterocycles. The van der Waals surface area contributed by atoms with Crippen molar-refractivity contribution >= 4 is 11.6 Å². The summed E-state index contributed by atoms with van der Waals surface area (Å²) in [7, 11) is 3.10. The molecule has 1 amide bonds. The molecule has 3 aromatic rings. The van der Waals surface area contributed by atoms with Gasteiger partial charge in [0.25, 0.3) is 5.91 Å². The SMILES string of the molecule is COc1cc(OC)cc(C(=O)NCC(c2ccco2)N2CCN(c3ccc(F)cc3)CC2)c1. The summed E-state index contributed by atoms with van der Waals surface area (Å²) in [5.74, 6) is 1.46. The zero-order valence-electron chi connectivity index (χ0n) is 18.8. The molecule has 1 fully saturated rings. The van der Waals surface area contributed by atoms with E-state index < -0.39 is 0 Å². The van der Waals surface area contributed by atoms with Crippen molar-refractivity contribution < 1.29 is 23.1 Å². The van der Waals surface area contributed by atoms with Crippen LogP contribution in [0, 0.1) is 5.82 Å². The van der Waals surface area contributed by atoms with Crippen molar-refractivity contribution in [1.82, 2.24) is 10.2 Å². The summed E-state index contributed by atoms with van der Waals surface area (Å²) in [6, 6.07) is 15.3. The van der Waals surface area contributed by atoms with Crippen LogP contribution >= 0.6 is 0 Å². The molecule has 1 N–H and O–H groups in total. The number of carbonyl (C=O) groups excluding carboxylic acids is 1. The Bertz CT molecular complexity index is 1030. The zero-order chi connectivity index (χ0) is 23.2. The molecule has 174 valence electrons. The van der Waals surface area contributed by atoms with Crippen LogP contribution in [0.4, 0.5) is 10.1 Å². The van der Waals surface area contributed by atoms with Gasteiger partial charge in [-0.3, -0.25) is 9.69 Å². The van der Waals surface area contributed by atoms with Gasteiger partial charge in [0.1, 0.15) is 23.1 Å². The monoisotopic (exact) mass is 453 g/mol. The predicted octanol–water partition coefficient (Wildman–Crippen LogP) is 3.73. The number of ether oxygens (including phenoxy) is 2. The van der Waals surface area contributed by atoms with Crippen LogP contribution in [-0.4, -0.2) is 57.8 Å². The summed E-state index contributed by atoms with van der Waals surface area (Å²) < 4.78 is 29.5. The summed E-state index contributed by atoms with van der Waals surface area (Å²) in [5.41, 5.74) is 1.47. The minimum absolute atomic E-state index is 0.105. The molecule has 0 saturated carbocycles. The average Bonchev–Trinajstić information content (AvgIpc) is 3.39. The van der Waals surface area contributed by atoms with E-state index in [-0.39, 0.29) is 17.8 Å². The van der Waals surface area contributed by atoms with Gasteiger partial charge in [0.05, 0.1) is 26.5 Å². The highest BCUT2D eigenvalue weighted by molar-refractivity contribution is 5.95. The second-order valence-electron chi connectivity index (χ2n) is 7.84. The van der Waals surface area contributed by atoms with Gasteiger partial charge in [-0.1, -0.05) is 0 Å². The van der Waals surface area contributed by atoms with E-state index in [1.807, 2.05) is 12.1 Å². The van der Waals surface area contributed by atoms with E-state index in [0.717, 1.165) is 37.6 Å². The van der Waals surface area contributed by atoms with Crippen LogP contribution in [0.1, 0.15) is 22.2 Å². The van der Waals surface area contributed by atoms with E-state index in [4.69, 9.17) is 13.9 Å². The molecular weight excluding hydrogens is 425 g/mol. The van der Waals surface area contributed by atoms with Crippen molar-refractivity contribution in [1.29, 1.82) is 0 Å². The minimum atomic E-state index is -0.236. The number of hydrogen-bond acceptors (Lipinski definition) is 6. The number of amides is 1. The Morgan fingerprint density at radius 3 is 2.27 bits per heavy atom. The van der Waals surface area contributed by atoms with E-state index in [1.165, 1.54) is 12.1 Å². The molecule has 0 radical (unpaired) electrons. The summed E-state index contributed by atoms with van der Waals surface area (Å²) in [6.07, 6.45) is 1.64. The third kappa shape index (κ3) is 5.46. The first-order chi connectivity index (χ1) is 16.1. The Labute approximate surface area is 192 Å². The van der Waals surface area contributed by atoms with Crippen molar-refractivity contribution in [2.75, 3.05) is 51.8 Å². The smallest absolute Gasteiger partial charge is 0.251 e. The van der Waals surface area contributed by atoms with Crippen molar-refractivity contribution in [3.8, 4) is 11.5 Å². The van der Waals surface area contributed by atoms with Gasteiger partial charge >= 0.3 is 0 Å². The number of nitrogens with zero attached hydrogens (tertiary/aromatic N) is 2. The van der Waals surface area contributed by atoms with E-state index in [0.29, 0.717) is 23.6 Å². The van der Waals surface area contributed by atoms with Crippen LogP contribution in [0.3, 0.4) is 0 Å². The Morgan fingerprint density at radius 2 is 1.70 bits per heavy atom. The second-order valence-corrected chi connectivity index (χ2v) is 7.84. The van der Waals surface area contributed by atoms with E-state index in [9.17, 15) is 9.18 Å². The highest BCUT2D eigenvalue weighted by Gasteiger charge is 2.27. The van der Waals surface area contributed by atoms with Crippen molar-refractivity contribution in [2.45, 2.75) is 6.04 Å². The Morgan fingerprint density at radius 1 is 1.03 bits per heavy atom. The molecule has 0 bridgehead atoms. The van der Waals surface area contributed by atoms with Crippen molar-refractivity contribution in [3.05, 3.63) is 78.0 Å². The third-order valence-corrected chi connectivity index (χ3v) is 5.89. The number of hydrogen-bond donors (Lipinski definition) is 1. The molecule has 1 aliphatic heterocycles. The van der Waals surface area contributed by atoms with Crippen LogP contribution in [0.5, 0.6) is 11.5 Å². The van der Waals surface area contributed by atoms with Gasteiger partial charge in [0, 0.05) is 50.0 Å². The van der Waals surface area contributed by atoms with Gasteiger partial charge in [-0.05, 0) is 48.5 Å². The average molecular weight is 454 g/mol. The van der Waals surface area contributed by atoms with Crippen molar-refractivity contribution in [2.24, 2.45) is 0 Å². The van der Waals surface area contributed by atoms with E-state index in [2.05, 4.69) is 15.1 Å². The van der Waals surface area contributed by atoms with Crippen LogP contribution in [0.25, 0.3) is 0 Å². The number of carbonyl (C=O) groups is 1. The second kappa shape index (κ2) is 10.4. The highest BCUT2D eigenvalue weighted by atomic mass is 19.1. The largest absolute Gasteiger partial charge is 0.497 e. The summed E-state index contributed by atoms with van der Waals surface area (Å²) >= 11 is 0. The quantitative estimate of drug-likeness (QED) is 0.561. The van der Waals surface area contributed by atoms with Crippen LogP contribution in [-0.2, 0) is 0 Å². The lowest BCUT2D eigenvalue weighted by molar-refractivity contribution is 0.0922. The lowest BCUT2D eigenvalue weighted by Gasteiger charge is -2.39. The Kier molecular flexibility index (Phi) is 7.14. The molecular formula is C25H28FN3O4. The lowest BCUT2D eigenvalue weighted by Crippen LogP contribution is -2.49. The van der Waals surface area contributed by atoms with Gasteiger partial charge in [-0.2, -0.15) is 0 Å². The molecule has 2 aromatic carbocycles. The molecule has 1 atom stereocenters. The molecule has 0 aliphatic carbocycles.